The molecule has 0 spiro atoms. The molecule has 0 aromatic heterocycles. The van der Waals surface area contributed by atoms with Crippen LogP contribution in [0.1, 0.15) is 25.0 Å². The molecule has 0 atom stereocenters. The van der Waals surface area contributed by atoms with Gasteiger partial charge in [0.25, 0.3) is 0 Å². The maximum Gasteiger partial charge on any atom is 0.416 e. The average molecular weight is 214 g/mol. The number of hydrogen-bond donors (Lipinski definition) is 0. The monoisotopic (exact) mass is 214 g/mol. The molecule has 0 bridgehead atoms. The van der Waals surface area contributed by atoms with Crippen LogP contribution >= 0.6 is 0 Å². The van der Waals surface area contributed by atoms with Gasteiger partial charge in [-0.15, -0.1) is 0 Å². The van der Waals surface area contributed by atoms with E-state index in [0.29, 0.717) is 0 Å². The van der Waals surface area contributed by atoms with Gasteiger partial charge in [-0.1, -0.05) is 32.6 Å². The van der Waals surface area contributed by atoms with Crippen LogP contribution in [0.2, 0.25) is 0 Å². The van der Waals surface area contributed by atoms with E-state index in [1.807, 2.05) is 13.8 Å². The van der Waals surface area contributed by atoms with Gasteiger partial charge in [0.1, 0.15) is 0 Å². The molecular weight excluding hydrogens is 201 g/mol. The molecule has 0 nitrogen and oxygen atoms in total. The van der Waals surface area contributed by atoms with Gasteiger partial charge in [-0.2, -0.15) is 13.2 Å². The van der Waals surface area contributed by atoms with Crippen LogP contribution in [0.15, 0.2) is 30.8 Å². The van der Waals surface area contributed by atoms with Crippen molar-refractivity contribution < 1.29 is 13.2 Å². The standard InChI is InChI=1S/C12H13F3/c1-8(2)9(3)10-4-6-11(7-5-10)12(13,14)15/h4-8H,3H2,1-2H3. The topological polar surface area (TPSA) is 0 Å². The number of rotatable bonds is 2. The minimum Gasteiger partial charge on any atom is -0.166 e. The van der Waals surface area contributed by atoms with Gasteiger partial charge in [-0.05, 0) is 29.2 Å². The summed E-state index contributed by atoms with van der Waals surface area (Å²) in [5.41, 5.74) is 0.990. The Balaban J connectivity index is 2.96. The minimum atomic E-state index is -4.27. The third-order valence-electron chi connectivity index (χ3n) is 2.28. The lowest BCUT2D eigenvalue weighted by atomic mass is 9.96. The second-order valence-electron chi connectivity index (χ2n) is 3.76. The summed E-state index contributed by atoms with van der Waals surface area (Å²) < 4.78 is 36.8. The van der Waals surface area contributed by atoms with Crippen LogP contribution in [-0.2, 0) is 6.18 Å². The normalized spacial score (nSPS) is 11.9. The van der Waals surface area contributed by atoms with Crippen molar-refractivity contribution in [3.63, 3.8) is 0 Å². The molecular formula is C12H13F3. The summed E-state index contributed by atoms with van der Waals surface area (Å²) in [6.07, 6.45) is -4.27. The molecule has 0 N–H and O–H groups in total. The fourth-order valence-electron chi connectivity index (χ4n) is 1.21. The lowest BCUT2D eigenvalue weighted by Gasteiger charge is -2.11. The van der Waals surface area contributed by atoms with Gasteiger partial charge >= 0.3 is 6.18 Å². The summed E-state index contributed by atoms with van der Waals surface area (Å²) in [4.78, 5) is 0. The van der Waals surface area contributed by atoms with Crippen LogP contribution in [-0.4, -0.2) is 0 Å². The minimum absolute atomic E-state index is 0.238. The van der Waals surface area contributed by atoms with Crippen LogP contribution in [0.5, 0.6) is 0 Å². The molecule has 3 heteroatoms. The van der Waals surface area contributed by atoms with Crippen LogP contribution < -0.4 is 0 Å². The Labute approximate surface area is 87.4 Å². The number of benzene rings is 1. The van der Waals surface area contributed by atoms with Gasteiger partial charge in [0.15, 0.2) is 0 Å². The molecule has 0 aliphatic rings. The summed E-state index contributed by atoms with van der Waals surface area (Å²) in [6, 6.07) is 5.10. The first-order valence-electron chi connectivity index (χ1n) is 4.69. The van der Waals surface area contributed by atoms with E-state index in [1.54, 1.807) is 0 Å². The van der Waals surface area contributed by atoms with Crippen LogP contribution in [0.4, 0.5) is 13.2 Å². The van der Waals surface area contributed by atoms with Crippen molar-refractivity contribution in [2.24, 2.45) is 5.92 Å². The molecule has 1 rings (SSSR count). The maximum absolute atomic E-state index is 12.3. The summed E-state index contributed by atoms with van der Waals surface area (Å²) >= 11 is 0. The first kappa shape index (κ1) is 11.8. The second kappa shape index (κ2) is 4.09. The van der Waals surface area contributed by atoms with Crippen molar-refractivity contribution in [1.82, 2.24) is 0 Å². The fourth-order valence-corrected chi connectivity index (χ4v) is 1.21. The van der Waals surface area contributed by atoms with Crippen LogP contribution in [0.25, 0.3) is 5.57 Å². The molecule has 1 aromatic carbocycles. The smallest absolute Gasteiger partial charge is 0.166 e. The SMILES string of the molecule is C=C(c1ccc(C(F)(F)F)cc1)C(C)C. The van der Waals surface area contributed by atoms with Gasteiger partial charge in [0.05, 0.1) is 5.56 Å². The summed E-state index contributed by atoms with van der Waals surface area (Å²) in [6.45, 7) is 7.75. The Kier molecular flexibility index (Phi) is 3.22. The second-order valence-corrected chi connectivity index (χ2v) is 3.76. The largest absolute Gasteiger partial charge is 0.416 e. The number of halogens is 3. The maximum atomic E-state index is 12.3. The quantitative estimate of drug-likeness (QED) is 0.685. The number of alkyl halides is 3. The molecule has 0 heterocycles. The van der Waals surface area contributed by atoms with E-state index in [1.165, 1.54) is 12.1 Å². The highest BCUT2D eigenvalue weighted by Gasteiger charge is 2.29. The van der Waals surface area contributed by atoms with Gasteiger partial charge in [-0.25, -0.2) is 0 Å². The Bertz CT molecular complexity index is 344. The molecule has 0 unspecified atom stereocenters. The van der Waals surface area contributed by atoms with Crippen LogP contribution in [0.3, 0.4) is 0 Å². The van der Waals surface area contributed by atoms with Crippen molar-refractivity contribution in [2.75, 3.05) is 0 Å². The summed E-state index contributed by atoms with van der Waals surface area (Å²) in [5.74, 6) is 0.238. The molecule has 0 amide bonds. The predicted molar refractivity (Wildman–Crippen MR) is 55.3 cm³/mol. The number of allylic oxidation sites excluding steroid dienone is 1. The third-order valence-corrected chi connectivity index (χ3v) is 2.28. The van der Waals surface area contributed by atoms with E-state index in [4.69, 9.17) is 0 Å². The molecule has 1 aromatic rings. The first-order valence-corrected chi connectivity index (χ1v) is 4.69. The fraction of sp³-hybridized carbons (Fsp3) is 0.333. The van der Waals surface area contributed by atoms with E-state index in [-0.39, 0.29) is 5.92 Å². The van der Waals surface area contributed by atoms with Crippen molar-refractivity contribution in [2.45, 2.75) is 20.0 Å². The summed E-state index contributed by atoms with van der Waals surface area (Å²) in [5, 5.41) is 0. The van der Waals surface area contributed by atoms with E-state index in [9.17, 15) is 13.2 Å². The predicted octanol–water partition coefficient (Wildman–Crippen LogP) is 4.37. The lowest BCUT2D eigenvalue weighted by molar-refractivity contribution is -0.137. The van der Waals surface area contributed by atoms with Crippen LogP contribution in [0, 0.1) is 5.92 Å². The van der Waals surface area contributed by atoms with Gasteiger partial charge in [0, 0.05) is 0 Å². The molecule has 0 aliphatic carbocycles. The Hall–Kier alpha value is -1.25. The zero-order valence-electron chi connectivity index (χ0n) is 8.73. The van der Waals surface area contributed by atoms with Gasteiger partial charge in [-0.3, -0.25) is 0 Å². The molecule has 0 saturated carbocycles. The molecule has 0 radical (unpaired) electrons. The zero-order chi connectivity index (χ0) is 11.6. The van der Waals surface area contributed by atoms with Gasteiger partial charge < -0.3 is 0 Å². The van der Waals surface area contributed by atoms with Gasteiger partial charge in [0.2, 0.25) is 0 Å². The Morgan fingerprint density at radius 2 is 1.60 bits per heavy atom. The molecule has 15 heavy (non-hydrogen) atoms. The molecule has 0 saturated heterocycles. The third kappa shape index (κ3) is 2.85. The zero-order valence-corrected chi connectivity index (χ0v) is 8.73. The summed E-state index contributed by atoms with van der Waals surface area (Å²) in [7, 11) is 0. The molecule has 82 valence electrons. The van der Waals surface area contributed by atoms with Crippen molar-refractivity contribution in [1.29, 1.82) is 0 Å². The van der Waals surface area contributed by atoms with E-state index >= 15 is 0 Å². The average Bonchev–Trinajstić information content (AvgIpc) is 2.15. The lowest BCUT2D eigenvalue weighted by Crippen LogP contribution is -2.04. The Morgan fingerprint density at radius 1 is 1.13 bits per heavy atom. The van der Waals surface area contributed by atoms with E-state index < -0.39 is 11.7 Å². The highest BCUT2D eigenvalue weighted by molar-refractivity contribution is 5.64. The van der Waals surface area contributed by atoms with Crippen molar-refractivity contribution in [3.05, 3.63) is 42.0 Å². The van der Waals surface area contributed by atoms with Crippen molar-refractivity contribution in [3.8, 4) is 0 Å². The highest BCUT2D eigenvalue weighted by atomic mass is 19.4. The van der Waals surface area contributed by atoms with E-state index in [0.717, 1.165) is 23.3 Å². The van der Waals surface area contributed by atoms with Crippen molar-refractivity contribution >= 4 is 5.57 Å². The Morgan fingerprint density at radius 3 is 1.93 bits per heavy atom. The molecule has 0 aliphatic heterocycles. The number of hydrogen-bond acceptors (Lipinski definition) is 0. The highest BCUT2D eigenvalue weighted by Crippen LogP contribution is 2.30. The first-order chi connectivity index (χ1) is 6.82. The van der Waals surface area contributed by atoms with E-state index in [2.05, 4.69) is 6.58 Å². The molecule has 0 fully saturated rings.